The van der Waals surface area contributed by atoms with Crippen molar-refractivity contribution in [1.29, 1.82) is 0 Å². The van der Waals surface area contributed by atoms with Crippen molar-refractivity contribution in [2.45, 2.75) is 19.9 Å². The van der Waals surface area contributed by atoms with E-state index in [2.05, 4.69) is 10.4 Å². The summed E-state index contributed by atoms with van der Waals surface area (Å²) in [5.41, 5.74) is -0.423. The van der Waals surface area contributed by atoms with Crippen LogP contribution in [0.2, 0.25) is 0 Å². The van der Waals surface area contributed by atoms with Crippen LogP contribution in [0.1, 0.15) is 19.0 Å². The zero-order valence-electron chi connectivity index (χ0n) is 11.3. The van der Waals surface area contributed by atoms with Crippen LogP contribution in [-0.2, 0) is 6.54 Å². The highest BCUT2D eigenvalue weighted by Gasteiger charge is 2.22. The lowest BCUT2D eigenvalue weighted by molar-refractivity contribution is -0.385. The van der Waals surface area contributed by atoms with Crippen molar-refractivity contribution in [2.75, 3.05) is 6.54 Å². The highest BCUT2D eigenvalue weighted by atomic mass is 19.1. The van der Waals surface area contributed by atoms with Gasteiger partial charge >= 0.3 is 5.69 Å². The second-order valence-electron chi connectivity index (χ2n) is 4.44. The largest absolute Gasteiger partial charge is 0.311 e. The molecule has 0 amide bonds. The molecule has 1 N–H and O–H groups in total. The first-order chi connectivity index (χ1) is 10.0. The van der Waals surface area contributed by atoms with E-state index in [0.29, 0.717) is 24.4 Å². The predicted octanol–water partition coefficient (Wildman–Crippen LogP) is 2.56. The molecule has 1 aromatic carbocycles. The lowest BCUT2D eigenvalue weighted by Gasteiger charge is -2.05. The summed E-state index contributed by atoms with van der Waals surface area (Å²) >= 11 is 0. The summed E-state index contributed by atoms with van der Waals surface area (Å²) in [6.07, 6.45) is 2.37. The Hall–Kier alpha value is -2.35. The predicted molar refractivity (Wildman–Crippen MR) is 72.1 cm³/mol. The molecule has 0 spiro atoms. The number of nitro groups is 1. The summed E-state index contributed by atoms with van der Waals surface area (Å²) in [4.78, 5) is 10.1. The molecule has 0 saturated heterocycles. The molecule has 0 saturated carbocycles. The number of nitrogens with zero attached hydrogens (tertiary/aromatic N) is 3. The van der Waals surface area contributed by atoms with Gasteiger partial charge in [0.1, 0.15) is 5.82 Å². The Balaban J connectivity index is 2.36. The van der Waals surface area contributed by atoms with E-state index >= 15 is 0 Å². The molecule has 0 aliphatic heterocycles. The van der Waals surface area contributed by atoms with Gasteiger partial charge in [-0.25, -0.2) is 13.5 Å². The zero-order valence-corrected chi connectivity index (χ0v) is 11.3. The number of nitrogens with one attached hydrogen (secondary N) is 1. The summed E-state index contributed by atoms with van der Waals surface area (Å²) in [5.74, 6) is -2.03. The first kappa shape index (κ1) is 15.0. The van der Waals surface area contributed by atoms with Gasteiger partial charge in [-0.05, 0) is 19.0 Å². The maximum absolute atomic E-state index is 13.9. The van der Waals surface area contributed by atoms with Crippen molar-refractivity contribution < 1.29 is 13.7 Å². The number of rotatable bonds is 6. The van der Waals surface area contributed by atoms with E-state index in [1.165, 1.54) is 6.20 Å². The molecule has 0 atom stereocenters. The van der Waals surface area contributed by atoms with E-state index in [-0.39, 0.29) is 5.69 Å². The third kappa shape index (κ3) is 3.40. The minimum Gasteiger partial charge on any atom is -0.311 e. The molecule has 8 heteroatoms. The molecule has 0 radical (unpaired) electrons. The standard InChI is InChI=1S/C13H14F2N4O2/c1-2-4-16-8-10-3-5-18(17-10)13-11(15)6-9(14)7-12(13)19(20)21/h3,5-7,16H,2,4,8H2,1H3. The first-order valence-corrected chi connectivity index (χ1v) is 6.42. The van der Waals surface area contributed by atoms with Gasteiger partial charge in [-0.2, -0.15) is 5.10 Å². The molecule has 0 unspecified atom stereocenters. The highest BCUT2D eigenvalue weighted by molar-refractivity contribution is 5.53. The summed E-state index contributed by atoms with van der Waals surface area (Å²) in [6, 6.07) is 2.89. The summed E-state index contributed by atoms with van der Waals surface area (Å²) in [6.45, 7) is 3.29. The Labute approximate surface area is 119 Å². The normalized spacial score (nSPS) is 10.8. The lowest BCUT2D eigenvalue weighted by Crippen LogP contribution is -2.14. The van der Waals surface area contributed by atoms with Crippen LogP contribution < -0.4 is 5.32 Å². The van der Waals surface area contributed by atoms with Gasteiger partial charge in [-0.3, -0.25) is 10.1 Å². The van der Waals surface area contributed by atoms with Crippen molar-refractivity contribution in [2.24, 2.45) is 0 Å². The quantitative estimate of drug-likeness (QED) is 0.505. The topological polar surface area (TPSA) is 73.0 Å². The van der Waals surface area contributed by atoms with Gasteiger partial charge in [0.05, 0.1) is 16.7 Å². The van der Waals surface area contributed by atoms with Gasteiger partial charge in [0.2, 0.25) is 0 Å². The zero-order chi connectivity index (χ0) is 15.4. The molecule has 2 aromatic rings. The number of benzene rings is 1. The Morgan fingerprint density at radius 2 is 2.19 bits per heavy atom. The third-order valence-electron chi connectivity index (χ3n) is 2.81. The molecule has 112 valence electrons. The maximum atomic E-state index is 13.9. The second-order valence-corrected chi connectivity index (χ2v) is 4.44. The van der Waals surface area contributed by atoms with E-state index < -0.39 is 22.2 Å². The SMILES string of the molecule is CCCNCc1ccn(-c2c(F)cc(F)cc2[N+](=O)[O-])n1. The molecule has 0 fully saturated rings. The molecule has 1 heterocycles. The van der Waals surface area contributed by atoms with Crippen LogP contribution in [0, 0.1) is 21.7 Å². The van der Waals surface area contributed by atoms with Crippen LogP contribution >= 0.6 is 0 Å². The molecular formula is C13H14F2N4O2. The van der Waals surface area contributed by atoms with Crippen LogP contribution in [-0.4, -0.2) is 21.2 Å². The molecule has 6 nitrogen and oxygen atoms in total. The van der Waals surface area contributed by atoms with Gasteiger partial charge in [-0.1, -0.05) is 6.92 Å². The summed E-state index contributed by atoms with van der Waals surface area (Å²) in [5, 5.41) is 18.1. The van der Waals surface area contributed by atoms with Crippen LogP contribution in [0.25, 0.3) is 5.69 Å². The van der Waals surface area contributed by atoms with Crippen molar-refractivity contribution in [3.63, 3.8) is 0 Å². The maximum Gasteiger partial charge on any atom is 0.300 e. The van der Waals surface area contributed by atoms with Gasteiger partial charge in [-0.15, -0.1) is 0 Å². The average Bonchev–Trinajstić information content (AvgIpc) is 2.86. The Kier molecular flexibility index (Phi) is 4.59. The smallest absolute Gasteiger partial charge is 0.300 e. The summed E-state index contributed by atoms with van der Waals surface area (Å²) in [7, 11) is 0. The first-order valence-electron chi connectivity index (χ1n) is 6.42. The van der Waals surface area contributed by atoms with E-state index in [4.69, 9.17) is 0 Å². The van der Waals surface area contributed by atoms with E-state index in [1.807, 2.05) is 6.92 Å². The van der Waals surface area contributed by atoms with Gasteiger partial charge in [0.15, 0.2) is 11.5 Å². The van der Waals surface area contributed by atoms with Crippen LogP contribution in [0.15, 0.2) is 24.4 Å². The highest BCUT2D eigenvalue weighted by Crippen LogP contribution is 2.26. The Bertz CT molecular complexity index is 658. The molecular weight excluding hydrogens is 282 g/mol. The van der Waals surface area contributed by atoms with Gasteiger partial charge in [0.25, 0.3) is 0 Å². The number of halogens is 2. The van der Waals surface area contributed by atoms with E-state index in [9.17, 15) is 18.9 Å². The minimum absolute atomic E-state index is 0.372. The van der Waals surface area contributed by atoms with Gasteiger partial charge in [0, 0.05) is 18.8 Å². The molecule has 2 rings (SSSR count). The Morgan fingerprint density at radius 1 is 1.43 bits per heavy atom. The van der Waals surface area contributed by atoms with Crippen molar-refractivity contribution in [3.05, 3.63) is 51.8 Å². The third-order valence-corrected chi connectivity index (χ3v) is 2.81. The second kappa shape index (κ2) is 6.40. The fourth-order valence-corrected chi connectivity index (χ4v) is 1.89. The molecule has 1 aromatic heterocycles. The molecule has 21 heavy (non-hydrogen) atoms. The fraction of sp³-hybridized carbons (Fsp3) is 0.308. The summed E-state index contributed by atoms with van der Waals surface area (Å²) < 4.78 is 28.0. The number of hydrogen-bond donors (Lipinski definition) is 1. The van der Waals surface area contributed by atoms with Gasteiger partial charge < -0.3 is 5.32 Å². The molecule has 0 aliphatic rings. The number of nitro benzene ring substituents is 1. The monoisotopic (exact) mass is 296 g/mol. The number of aromatic nitrogens is 2. The van der Waals surface area contributed by atoms with E-state index in [0.717, 1.165) is 17.6 Å². The van der Waals surface area contributed by atoms with Crippen molar-refractivity contribution in [3.8, 4) is 5.69 Å². The fourth-order valence-electron chi connectivity index (χ4n) is 1.89. The molecule has 0 aliphatic carbocycles. The minimum atomic E-state index is -1.03. The lowest BCUT2D eigenvalue weighted by atomic mass is 10.2. The van der Waals surface area contributed by atoms with Crippen LogP contribution in [0.3, 0.4) is 0 Å². The number of hydrogen-bond acceptors (Lipinski definition) is 4. The van der Waals surface area contributed by atoms with Crippen LogP contribution in [0.4, 0.5) is 14.5 Å². The van der Waals surface area contributed by atoms with E-state index in [1.54, 1.807) is 6.07 Å². The van der Waals surface area contributed by atoms with Crippen molar-refractivity contribution >= 4 is 5.69 Å². The van der Waals surface area contributed by atoms with Crippen molar-refractivity contribution in [1.82, 2.24) is 15.1 Å². The Morgan fingerprint density at radius 3 is 2.86 bits per heavy atom. The molecule has 0 bridgehead atoms. The average molecular weight is 296 g/mol. The van der Waals surface area contributed by atoms with Crippen LogP contribution in [0.5, 0.6) is 0 Å².